The number of anilines is 1. The fraction of sp³-hybridized carbons (Fsp3) is 0.591. The first-order valence-corrected chi connectivity index (χ1v) is 10.5. The van der Waals surface area contributed by atoms with Crippen LogP contribution in [0, 0.1) is 11.8 Å². The van der Waals surface area contributed by atoms with Crippen molar-refractivity contribution >= 4 is 22.7 Å². The Morgan fingerprint density at radius 3 is 2.79 bits per heavy atom. The van der Waals surface area contributed by atoms with E-state index in [0.29, 0.717) is 19.1 Å². The van der Waals surface area contributed by atoms with E-state index < -0.39 is 0 Å². The third-order valence-corrected chi connectivity index (χ3v) is 5.19. The van der Waals surface area contributed by atoms with Crippen LogP contribution in [0.1, 0.15) is 25.6 Å². The summed E-state index contributed by atoms with van der Waals surface area (Å²) in [6.07, 6.45) is 1.97. The number of ether oxygens (including phenoxy) is 1. The fourth-order valence-electron chi connectivity index (χ4n) is 3.63. The highest BCUT2D eigenvalue weighted by Crippen LogP contribution is 2.40. The molecule has 2 unspecified atom stereocenters. The van der Waals surface area contributed by atoms with Crippen molar-refractivity contribution in [2.24, 2.45) is 11.8 Å². The highest BCUT2D eigenvalue weighted by Gasteiger charge is 2.44. The van der Waals surface area contributed by atoms with Crippen molar-refractivity contribution in [2.45, 2.75) is 26.3 Å². The molecule has 0 bridgehead atoms. The maximum Gasteiger partial charge on any atom is 0.309 e. The summed E-state index contributed by atoms with van der Waals surface area (Å²) in [6.45, 7) is 5.72. The molecule has 158 valence electrons. The van der Waals surface area contributed by atoms with Crippen molar-refractivity contribution in [2.75, 3.05) is 52.7 Å². The third kappa shape index (κ3) is 6.11. The van der Waals surface area contributed by atoms with E-state index in [0.717, 1.165) is 55.0 Å². The molecule has 7 heteroatoms. The first kappa shape index (κ1) is 21.5. The quantitative estimate of drug-likeness (QED) is 0.460. The number of benzene rings is 1. The molecule has 3 rings (SSSR count). The summed E-state index contributed by atoms with van der Waals surface area (Å²) in [5.74, 6) is 2.08. The van der Waals surface area contributed by atoms with Gasteiger partial charge in [-0.3, -0.25) is 9.69 Å². The second-order valence-corrected chi connectivity index (χ2v) is 8.14. The van der Waals surface area contributed by atoms with E-state index in [9.17, 15) is 4.79 Å². The van der Waals surface area contributed by atoms with Gasteiger partial charge in [-0.25, -0.2) is 9.97 Å². The maximum absolute atomic E-state index is 11.8. The molecule has 29 heavy (non-hydrogen) atoms. The van der Waals surface area contributed by atoms with Crippen LogP contribution in [0.25, 0.3) is 10.9 Å². The molecule has 2 atom stereocenters. The smallest absolute Gasteiger partial charge is 0.309 e. The summed E-state index contributed by atoms with van der Waals surface area (Å²) in [6, 6.07) is 8.12. The summed E-state index contributed by atoms with van der Waals surface area (Å²) >= 11 is 0. The van der Waals surface area contributed by atoms with E-state index >= 15 is 0 Å². The number of nitrogens with one attached hydrogen (secondary N) is 1. The number of para-hydroxylation sites is 1. The Morgan fingerprint density at radius 1 is 1.24 bits per heavy atom. The molecule has 1 fully saturated rings. The van der Waals surface area contributed by atoms with E-state index in [2.05, 4.69) is 42.3 Å². The molecular weight excluding hydrogens is 366 g/mol. The van der Waals surface area contributed by atoms with Crippen molar-refractivity contribution in [3.8, 4) is 0 Å². The summed E-state index contributed by atoms with van der Waals surface area (Å²) in [7, 11) is 6.23. The topological polar surface area (TPSA) is 70.6 Å². The molecule has 0 amide bonds. The van der Waals surface area contributed by atoms with Gasteiger partial charge in [-0.05, 0) is 65.5 Å². The van der Waals surface area contributed by atoms with Gasteiger partial charge in [0.1, 0.15) is 11.6 Å². The van der Waals surface area contributed by atoms with Gasteiger partial charge in [0.15, 0.2) is 0 Å². The largest absolute Gasteiger partial charge is 0.466 e. The third-order valence-electron chi connectivity index (χ3n) is 5.19. The number of carbonyl (C=O) groups is 1. The fourth-order valence-corrected chi connectivity index (χ4v) is 3.63. The van der Waals surface area contributed by atoms with Gasteiger partial charge < -0.3 is 15.0 Å². The summed E-state index contributed by atoms with van der Waals surface area (Å²) in [5.41, 5.74) is 0.955. The van der Waals surface area contributed by atoms with Crippen LogP contribution in [0.5, 0.6) is 0 Å². The number of nitrogens with zero attached hydrogens (tertiary/aromatic N) is 4. The van der Waals surface area contributed by atoms with Crippen LogP contribution in [-0.4, -0.2) is 73.1 Å². The first-order valence-electron chi connectivity index (χ1n) is 10.5. The van der Waals surface area contributed by atoms with Gasteiger partial charge >= 0.3 is 5.97 Å². The minimum absolute atomic E-state index is 0.0583. The predicted molar refractivity (Wildman–Crippen MR) is 116 cm³/mol. The number of carbonyl (C=O) groups excluding carboxylic acids is 1. The standard InChI is InChI=1S/C22H33N5O2/c1-5-29-22(28)18-13-16(18)14-27(4)15-20-24-19-10-7-6-9-17(19)21(25-20)23-11-8-12-26(2)3/h6-7,9-10,16,18H,5,8,11-15H2,1-4H3,(H,23,24,25). The van der Waals surface area contributed by atoms with Crippen LogP contribution in [-0.2, 0) is 16.1 Å². The Bertz CT molecular complexity index is 826. The molecule has 1 aliphatic carbocycles. The second kappa shape index (κ2) is 9.98. The van der Waals surface area contributed by atoms with E-state index in [1.165, 1.54) is 0 Å². The molecular formula is C22H33N5O2. The normalized spacial score (nSPS) is 18.4. The molecule has 1 aliphatic rings. The average Bonchev–Trinajstić information content (AvgIpc) is 3.44. The Labute approximate surface area is 173 Å². The Balaban J connectivity index is 1.62. The summed E-state index contributed by atoms with van der Waals surface area (Å²) in [5, 5.41) is 4.54. The number of hydrogen-bond donors (Lipinski definition) is 1. The van der Waals surface area contributed by atoms with Gasteiger partial charge in [0.05, 0.1) is 24.6 Å². The van der Waals surface area contributed by atoms with Crippen LogP contribution in [0.15, 0.2) is 24.3 Å². The lowest BCUT2D eigenvalue weighted by Crippen LogP contribution is -2.24. The monoisotopic (exact) mass is 399 g/mol. The zero-order valence-corrected chi connectivity index (χ0v) is 18.0. The zero-order valence-electron chi connectivity index (χ0n) is 18.0. The first-order chi connectivity index (χ1) is 14.0. The molecule has 1 aromatic heterocycles. The van der Waals surface area contributed by atoms with Gasteiger partial charge in [-0.15, -0.1) is 0 Å². The van der Waals surface area contributed by atoms with E-state index in [4.69, 9.17) is 14.7 Å². The number of aromatic nitrogens is 2. The summed E-state index contributed by atoms with van der Waals surface area (Å²) in [4.78, 5) is 25.8. The van der Waals surface area contributed by atoms with Crippen molar-refractivity contribution < 1.29 is 9.53 Å². The van der Waals surface area contributed by atoms with Crippen LogP contribution in [0.4, 0.5) is 5.82 Å². The maximum atomic E-state index is 11.8. The van der Waals surface area contributed by atoms with Gasteiger partial charge in [0, 0.05) is 18.5 Å². The van der Waals surface area contributed by atoms with Crippen LogP contribution >= 0.6 is 0 Å². The van der Waals surface area contributed by atoms with Gasteiger partial charge in [-0.1, -0.05) is 12.1 Å². The van der Waals surface area contributed by atoms with E-state index in [-0.39, 0.29) is 11.9 Å². The van der Waals surface area contributed by atoms with Gasteiger partial charge in [0.2, 0.25) is 0 Å². The van der Waals surface area contributed by atoms with Crippen molar-refractivity contribution in [1.29, 1.82) is 0 Å². The van der Waals surface area contributed by atoms with Gasteiger partial charge in [-0.2, -0.15) is 0 Å². The van der Waals surface area contributed by atoms with Crippen molar-refractivity contribution in [1.82, 2.24) is 19.8 Å². The lowest BCUT2D eigenvalue weighted by atomic mass is 10.2. The lowest BCUT2D eigenvalue weighted by Gasteiger charge is -2.17. The zero-order chi connectivity index (χ0) is 20.8. The molecule has 0 saturated heterocycles. The van der Waals surface area contributed by atoms with Crippen LogP contribution in [0.3, 0.4) is 0 Å². The number of esters is 1. The molecule has 7 nitrogen and oxygen atoms in total. The van der Waals surface area contributed by atoms with Crippen LogP contribution in [0.2, 0.25) is 0 Å². The van der Waals surface area contributed by atoms with Crippen LogP contribution < -0.4 is 5.32 Å². The number of rotatable bonds is 11. The molecule has 2 aromatic rings. The van der Waals surface area contributed by atoms with Crippen molar-refractivity contribution in [3.05, 3.63) is 30.1 Å². The number of hydrogen-bond acceptors (Lipinski definition) is 7. The Hall–Kier alpha value is -2.25. The molecule has 1 saturated carbocycles. The molecule has 0 spiro atoms. The molecule has 1 heterocycles. The molecule has 0 radical (unpaired) electrons. The Kier molecular flexibility index (Phi) is 7.39. The highest BCUT2D eigenvalue weighted by molar-refractivity contribution is 5.88. The van der Waals surface area contributed by atoms with Gasteiger partial charge in [0.25, 0.3) is 0 Å². The SMILES string of the molecule is CCOC(=O)C1CC1CN(C)Cc1nc(NCCCN(C)C)c2ccccc2n1. The lowest BCUT2D eigenvalue weighted by molar-refractivity contribution is -0.145. The van der Waals surface area contributed by atoms with Crippen molar-refractivity contribution in [3.63, 3.8) is 0 Å². The number of fused-ring (bicyclic) bond motifs is 1. The van der Waals surface area contributed by atoms with E-state index in [1.54, 1.807) is 0 Å². The highest BCUT2D eigenvalue weighted by atomic mass is 16.5. The predicted octanol–water partition coefficient (Wildman–Crippen LogP) is 2.62. The van der Waals surface area contributed by atoms with E-state index in [1.807, 2.05) is 25.1 Å². The minimum atomic E-state index is -0.0583. The molecule has 1 N–H and O–H groups in total. The Morgan fingerprint density at radius 2 is 2.03 bits per heavy atom. The molecule has 1 aromatic carbocycles. The second-order valence-electron chi connectivity index (χ2n) is 8.14. The average molecular weight is 400 g/mol. The minimum Gasteiger partial charge on any atom is -0.466 e. The summed E-state index contributed by atoms with van der Waals surface area (Å²) < 4.78 is 5.13. The molecule has 0 aliphatic heterocycles.